The van der Waals surface area contributed by atoms with Crippen LogP contribution in [-0.4, -0.2) is 10.8 Å². The van der Waals surface area contributed by atoms with Gasteiger partial charge in [-0.3, -0.25) is 4.79 Å². The molecule has 0 unspecified atom stereocenters. The summed E-state index contributed by atoms with van der Waals surface area (Å²) in [6.07, 6.45) is 1.81. The maximum Gasteiger partial charge on any atom is 0.195 e. The number of aryl methyl sites for hydroxylation is 1. The van der Waals surface area contributed by atoms with E-state index in [1.54, 1.807) is 0 Å². The number of rotatable bonds is 2. The number of hydrogen-bond acceptors (Lipinski definition) is 1. The molecule has 2 heteroatoms. The number of H-pyrrole nitrogens is 1. The predicted molar refractivity (Wildman–Crippen MR) is 90.4 cm³/mol. The second kappa shape index (κ2) is 4.85. The highest BCUT2D eigenvalue weighted by Gasteiger charge is 2.16. The Balaban J connectivity index is 1.96. The van der Waals surface area contributed by atoms with Crippen LogP contribution in [0.5, 0.6) is 0 Å². The molecule has 2 nitrogen and oxygen atoms in total. The summed E-state index contributed by atoms with van der Waals surface area (Å²) in [5.41, 5.74) is 3.66. The third-order valence-corrected chi connectivity index (χ3v) is 4.22. The maximum absolute atomic E-state index is 13.0. The first-order chi connectivity index (χ1) is 10.8. The number of benzene rings is 3. The molecule has 106 valence electrons. The van der Waals surface area contributed by atoms with E-state index >= 15 is 0 Å². The van der Waals surface area contributed by atoms with Crippen molar-refractivity contribution in [3.63, 3.8) is 0 Å². The van der Waals surface area contributed by atoms with Gasteiger partial charge >= 0.3 is 0 Å². The number of aromatic amines is 1. The van der Waals surface area contributed by atoms with Crippen molar-refractivity contribution in [3.8, 4) is 0 Å². The van der Waals surface area contributed by atoms with Gasteiger partial charge in [0.25, 0.3) is 0 Å². The fourth-order valence-corrected chi connectivity index (χ4v) is 3.05. The van der Waals surface area contributed by atoms with Crippen LogP contribution in [0.25, 0.3) is 21.7 Å². The summed E-state index contributed by atoms with van der Waals surface area (Å²) in [6.45, 7) is 2.07. The molecule has 0 aliphatic carbocycles. The van der Waals surface area contributed by atoms with E-state index in [1.807, 2.05) is 60.8 Å². The molecule has 0 saturated carbocycles. The SMILES string of the molecule is Cc1ccc(C(=O)c2c[nH]c3ccccc23)c2ccccc12. The molecule has 0 fully saturated rings. The summed E-state index contributed by atoms with van der Waals surface area (Å²) in [6, 6.07) is 19.9. The summed E-state index contributed by atoms with van der Waals surface area (Å²) in [5, 5.41) is 3.11. The molecular formula is C20H15NO. The Bertz CT molecular complexity index is 1010. The molecule has 1 N–H and O–H groups in total. The number of aromatic nitrogens is 1. The Hall–Kier alpha value is -2.87. The monoisotopic (exact) mass is 285 g/mol. The van der Waals surface area contributed by atoms with E-state index in [0.29, 0.717) is 0 Å². The molecule has 0 aliphatic rings. The number of hydrogen-bond donors (Lipinski definition) is 1. The van der Waals surface area contributed by atoms with E-state index in [-0.39, 0.29) is 5.78 Å². The van der Waals surface area contributed by atoms with Gasteiger partial charge in [-0.15, -0.1) is 0 Å². The van der Waals surface area contributed by atoms with Gasteiger partial charge in [-0.1, -0.05) is 54.6 Å². The summed E-state index contributed by atoms with van der Waals surface area (Å²) in [5.74, 6) is 0.0636. The van der Waals surface area contributed by atoms with Crippen molar-refractivity contribution in [1.82, 2.24) is 4.98 Å². The first kappa shape index (κ1) is 12.8. The van der Waals surface area contributed by atoms with Crippen LogP contribution < -0.4 is 0 Å². The van der Waals surface area contributed by atoms with Crippen molar-refractivity contribution >= 4 is 27.5 Å². The molecular weight excluding hydrogens is 270 g/mol. The minimum Gasteiger partial charge on any atom is -0.360 e. The lowest BCUT2D eigenvalue weighted by atomic mass is 9.95. The van der Waals surface area contributed by atoms with Gasteiger partial charge in [0.2, 0.25) is 0 Å². The first-order valence-corrected chi connectivity index (χ1v) is 7.35. The van der Waals surface area contributed by atoms with E-state index in [0.717, 1.165) is 32.8 Å². The van der Waals surface area contributed by atoms with E-state index in [9.17, 15) is 4.79 Å². The van der Waals surface area contributed by atoms with Crippen molar-refractivity contribution in [1.29, 1.82) is 0 Å². The van der Waals surface area contributed by atoms with E-state index < -0.39 is 0 Å². The van der Waals surface area contributed by atoms with Crippen LogP contribution in [-0.2, 0) is 0 Å². The average molecular weight is 285 g/mol. The number of para-hydroxylation sites is 1. The largest absolute Gasteiger partial charge is 0.360 e. The minimum absolute atomic E-state index is 0.0636. The number of fused-ring (bicyclic) bond motifs is 2. The summed E-state index contributed by atoms with van der Waals surface area (Å²) in [7, 11) is 0. The smallest absolute Gasteiger partial charge is 0.195 e. The standard InChI is InChI=1S/C20H15NO/c1-13-10-11-17(15-7-3-2-6-14(13)15)20(22)18-12-21-19-9-5-4-8-16(18)19/h2-12,21H,1H3. The van der Waals surface area contributed by atoms with Gasteiger partial charge in [-0.25, -0.2) is 0 Å². The zero-order valence-corrected chi connectivity index (χ0v) is 12.3. The normalized spacial score (nSPS) is 11.1. The van der Waals surface area contributed by atoms with Gasteiger partial charge in [0.05, 0.1) is 0 Å². The van der Waals surface area contributed by atoms with Crippen LogP contribution in [0.1, 0.15) is 21.5 Å². The lowest BCUT2D eigenvalue weighted by Gasteiger charge is -2.08. The summed E-state index contributed by atoms with van der Waals surface area (Å²) >= 11 is 0. The Morgan fingerprint density at radius 1 is 0.773 bits per heavy atom. The van der Waals surface area contributed by atoms with Crippen LogP contribution in [0.3, 0.4) is 0 Å². The molecule has 4 aromatic rings. The zero-order chi connectivity index (χ0) is 15.1. The molecule has 0 spiro atoms. The average Bonchev–Trinajstić information content (AvgIpc) is 2.99. The number of carbonyl (C=O) groups is 1. The third-order valence-electron chi connectivity index (χ3n) is 4.22. The number of ketones is 1. The van der Waals surface area contributed by atoms with Gasteiger partial charge < -0.3 is 4.98 Å². The summed E-state index contributed by atoms with van der Waals surface area (Å²) in [4.78, 5) is 16.2. The fraction of sp³-hybridized carbons (Fsp3) is 0.0500. The molecule has 1 aromatic heterocycles. The molecule has 0 saturated heterocycles. The van der Waals surface area contributed by atoms with Crippen LogP contribution in [0.4, 0.5) is 0 Å². The highest BCUT2D eigenvalue weighted by atomic mass is 16.1. The van der Waals surface area contributed by atoms with Gasteiger partial charge in [-0.05, 0) is 29.3 Å². The number of carbonyl (C=O) groups excluding carboxylic acids is 1. The van der Waals surface area contributed by atoms with Gasteiger partial charge in [-0.2, -0.15) is 0 Å². The second-order valence-electron chi connectivity index (χ2n) is 5.55. The highest BCUT2D eigenvalue weighted by Crippen LogP contribution is 2.27. The molecule has 0 radical (unpaired) electrons. The summed E-state index contributed by atoms with van der Waals surface area (Å²) < 4.78 is 0. The van der Waals surface area contributed by atoms with E-state index in [1.165, 1.54) is 5.56 Å². The lowest BCUT2D eigenvalue weighted by molar-refractivity contribution is 0.104. The van der Waals surface area contributed by atoms with E-state index in [2.05, 4.69) is 18.0 Å². The van der Waals surface area contributed by atoms with Crippen molar-refractivity contribution in [2.45, 2.75) is 6.92 Å². The van der Waals surface area contributed by atoms with Crippen molar-refractivity contribution < 1.29 is 4.79 Å². The Kier molecular flexibility index (Phi) is 2.83. The van der Waals surface area contributed by atoms with Crippen LogP contribution in [0.2, 0.25) is 0 Å². The number of nitrogens with one attached hydrogen (secondary N) is 1. The van der Waals surface area contributed by atoms with Crippen LogP contribution in [0, 0.1) is 6.92 Å². The maximum atomic E-state index is 13.0. The molecule has 4 rings (SSSR count). The van der Waals surface area contributed by atoms with E-state index in [4.69, 9.17) is 0 Å². The molecule has 0 amide bonds. The van der Waals surface area contributed by atoms with Crippen molar-refractivity contribution in [3.05, 3.63) is 83.6 Å². The fourth-order valence-electron chi connectivity index (χ4n) is 3.05. The third kappa shape index (κ3) is 1.85. The molecule has 0 aliphatic heterocycles. The molecule has 0 bridgehead atoms. The highest BCUT2D eigenvalue weighted by molar-refractivity contribution is 6.21. The lowest BCUT2D eigenvalue weighted by Crippen LogP contribution is -2.02. The zero-order valence-electron chi connectivity index (χ0n) is 12.3. The van der Waals surface area contributed by atoms with Gasteiger partial charge in [0.15, 0.2) is 5.78 Å². The second-order valence-corrected chi connectivity index (χ2v) is 5.55. The molecule has 0 atom stereocenters. The first-order valence-electron chi connectivity index (χ1n) is 7.35. The Morgan fingerprint density at radius 3 is 2.27 bits per heavy atom. The Morgan fingerprint density at radius 2 is 1.45 bits per heavy atom. The molecule has 3 aromatic carbocycles. The van der Waals surface area contributed by atoms with Crippen LogP contribution >= 0.6 is 0 Å². The van der Waals surface area contributed by atoms with Gasteiger partial charge in [0, 0.05) is 28.2 Å². The minimum atomic E-state index is 0.0636. The predicted octanol–water partition coefficient (Wildman–Crippen LogP) is 4.86. The topological polar surface area (TPSA) is 32.9 Å². The Labute approximate surface area is 128 Å². The van der Waals surface area contributed by atoms with Crippen molar-refractivity contribution in [2.75, 3.05) is 0 Å². The van der Waals surface area contributed by atoms with Gasteiger partial charge in [0.1, 0.15) is 0 Å². The molecule has 22 heavy (non-hydrogen) atoms. The van der Waals surface area contributed by atoms with Crippen molar-refractivity contribution in [2.24, 2.45) is 0 Å². The quantitative estimate of drug-likeness (QED) is 0.524. The molecule has 1 heterocycles. The van der Waals surface area contributed by atoms with Crippen LogP contribution in [0.15, 0.2) is 66.9 Å².